The van der Waals surface area contributed by atoms with Crippen molar-refractivity contribution in [1.29, 1.82) is 0 Å². The maximum atomic E-state index is 12.4. The average Bonchev–Trinajstić information content (AvgIpc) is 2.41. The molecule has 1 aliphatic heterocycles. The van der Waals surface area contributed by atoms with Gasteiger partial charge in [-0.25, -0.2) is 4.79 Å². The van der Waals surface area contributed by atoms with E-state index in [9.17, 15) is 9.59 Å². The zero-order valence-corrected chi connectivity index (χ0v) is 11.0. The third kappa shape index (κ3) is 2.76. The quantitative estimate of drug-likeness (QED) is 0.880. The second-order valence-corrected chi connectivity index (χ2v) is 4.70. The molecule has 0 aliphatic carbocycles. The number of rotatable bonds is 2. The molecule has 0 saturated carbocycles. The Hall–Kier alpha value is -1.88. The van der Waals surface area contributed by atoms with E-state index >= 15 is 0 Å². The van der Waals surface area contributed by atoms with Gasteiger partial charge in [0.15, 0.2) is 0 Å². The van der Waals surface area contributed by atoms with Gasteiger partial charge >= 0.3 is 5.97 Å². The first-order chi connectivity index (χ1) is 9.00. The van der Waals surface area contributed by atoms with Crippen molar-refractivity contribution in [2.45, 2.75) is 26.0 Å². The second kappa shape index (κ2) is 5.40. The molecule has 1 fully saturated rings. The number of carboxylic acid groups (broad SMARTS) is 1. The molecule has 1 amide bonds. The smallest absolute Gasteiger partial charge is 0.335 e. The molecule has 0 radical (unpaired) electrons. The van der Waals surface area contributed by atoms with Gasteiger partial charge in [-0.2, -0.15) is 0 Å². The highest BCUT2D eigenvalue weighted by Gasteiger charge is 2.29. The Morgan fingerprint density at radius 3 is 2.68 bits per heavy atom. The van der Waals surface area contributed by atoms with Crippen molar-refractivity contribution in [2.75, 3.05) is 13.2 Å². The minimum absolute atomic E-state index is 0.0136. The molecule has 1 aliphatic rings. The van der Waals surface area contributed by atoms with Crippen LogP contribution in [0.25, 0.3) is 0 Å². The third-order valence-corrected chi connectivity index (χ3v) is 3.50. The highest BCUT2D eigenvalue weighted by atomic mass is 16.5. The lowest BCUT2D eigenvalue weighted by molar-refractivity contribution is -0.0440. The number of morpholine rings is 1. The summed E-state index contributed by atoms with van der Waals surface area (Å²) < 4.78 is 5.48. The van der Waals surface area contributed by atoms with Crippen LogP contribution in [-0.2, 0) is 4.74 Å². The number of carboxylic acids is 1. The molecule has 2 rings (SSSR count). The number of aromatic carboxylic acids is 1. The number of amides is 1. The molecule has 1 N–H and O–H groups in total. The van der Waals surface area contributed by atoms with E-state index in [-0.39, 0.29) is 23.6 Å². The van der Waals surface area contributed by atoms with E-state index in [1.807, 2.05) is 13.8 Å². The van der Waals surface area contributed by atoms with Crippen LogP contribution >= 0.6 is 0 Å². The molecular formula is C14H17NO4. The van der Waals surface area contributed by atoms with Crippen LogP contribution in [0.2, 0.25) is 0 Å². The molecule has 0 unspecified atom stereocenters. The van der Waals surface area contributed by atoms with Crippen molar-refractivity contribution in [2.24, 2.45) is 0 Å². The van der Waals surface area contributed by atoms with Gasteiger partial charge < -0.3 is 14.7 Å². The molecule has 1 aromatic rings. The molecule has 5 nitrogen and oxygen atoms in total. The summed E-state index contributed by atoms with van der Waals surface area (Å²) in [6.07, 6.45) is -0.0136. The zero-order chi connectivity index (χ0) is 14.0. The maximum Gasteiger partial charge on any atom is 0.335 e. The van der Waals surface area contributed by atoms with Crippen LogP contribution in [0.1, 0.15) is 34.6 Å². The second-order valence-electron chi connectivity index (χ2n) is 4.70. The number of carbonyl (C=O) groups is 2. The van der Waals surface area contributed by atoms with Gasteiger partial charge in [-0.1, -0.05) is 6.07 Å². The van der Waals surface area contributed by atoms with Gasteiger partial charge in [0.25, 0.3) is 5.91 Å². The van der Waals surface area contributed by atoms with Crippen LogP contribution in [0.5, 0.6) is 0 Å². The summed E-state index contributed by atoms with van der Waals surface area (Å²) in [4.78, 5) is 25.1. The zero-order valence-electron chi connectivity index (χ0n) is 11.0. The molecule has 0 aromatic heterocycles. The van der Waals surface area contributed by atoms with Crippen molar-refractivity contribution in [1.82, 2.24) is 4.90 Å². The molecule has 5 heteroatoms. The number of hydrogen-bond acceptors (Lipinski definition) is 3. The van der Waals surface area contributed by atoms with Gasteiger partial charge in [-0.15, -0.1) is 0 Å². The largest absolute Gasteiger partial charge is 0.478 e. The molecule has 102 valence electrons. The summed E-state index contributed by atoms with van der Waals surface area (Å²) >= 11 is 0. The number of ether oxygens (including phenoxy) is 1. The Bertz CT molecular complexity index is 500. The minimum atomic E-state index is -1.03. The van der Waals surface area contributed by atoms with Crippen molar-refractivity contribution in [3.63, 3.8) is 0 Å². The summed E-state index contributed by atoms with van der Waals surface area (Å²) in [6, 6.07) is 6.10. The highest BCUT2D eigenvalue weighted by Crippen LogP contribution is 2.17. The fourth-order valence-corrected chi connectivity index (χ4v) is 2.17. The lowest BCUT2D eigenvalue weighted by Gasteiger charge is -2.37. The lowest BCUT2D eigenvalue weighted by Crippen LogP contribution is -2.51. The first kappa shape index (κ1) is 13.5. The Kier molecular flexibility index (Phi) is 3.85. The predicted octanol–water partition coefficient (Wildman–Crippen LogP) is 1.63. The van der Waals surface area contributed by atoms with Crippen molar-refractivity contribution < 1.29 is 19.4 Å². The third-order valence-electron chi connectivity index (χ3n) is 3.50. The van der Waals surface area contributed by atoms with Crippen LogP contribution in [-0.4, -0.2) is 47.2 Å². The monoisotopic (exact) mass is 263 g/mol. The Morgan fingerprint density at radius 1 is 1.32 bits per heavy atom. The SMILES string of the molecule is C[C@@H]1OCCN(C(=O)c2cccc(C(=O)O)c2)[C@@H]1C. The predicted molar refractivity (Wildman–Crippen MR) is 69.3 cm³/mol. The van der Waals surface area contributed by atoms with Crippen LogP contribution in [0, 0.1) is 0 Å². The standard InChI is InChI=1S/C14H17NO4/c1-9-10(2)19-7-6-15(9)13(16)11-4-3-5-12(8-11)14(17)18/h3-5,8-10H,6-7H2,1-2H3,(H,17,18)/t9-,10+/m1/s1. The fraction of sp³-hybridized carbons (Fsp3) is 0.429. The average molecular weight is 263 g/mol. The lowest BCUT2D eigenvalue weighted by atomic mass is 10.1. The van der Waals surface area contributed by atoms with Crippen molar-refractivity contribution in [3.05, 3.63) is 35.4 Å². The number of carbonyl (C=O) groups excluding carboxylic acids is 1. The fourth-order valence-electron chi connectivity index (χ4n) is 2.17. The van der Waals surface area contributed by atoms with Gasteiger partial charge in [0.05, 0.1) is 24.3 Å². The Balaban J connectivity index is 2.23. The Labute approximate surface area is 111 Å². The topological polar surface area (TPSA) is 66.8 Å². The van der Waals surface area contributed by atoms with E-state index in [1.165, 1.54) is 12.1 Å². The van der Waals surface area contributed by atoms with E-state index in [4.69, 9.17) is 9.84 Å². The van der Waals surface area contributed by atoms with Gasteiger partial charge in [-0.05, 0) is 32.0 Å². The summed E-state index contributed by atoms with van der Waals surface area (Å²) in [6.45, 7) is 4.90. The number of nitrogens with zero attached hydrogens (tertiary/aromatic N) is 1. The van der Waals surface area contributed by atoms with E-state index < -0.39 is 5.97 Å². The minimum Gasteiger partial charge on any atom is -0.478 e. The van der Waals surface area contributed by atoms with Crippen molar-refractivity contribution in [3.8, 4) is 0 Å². The van der Waals surface area contributed by atoms with E-state index in [2.05, 4.69) is 0 Å². The number of benzene rings is 1. The van der Waals surface area contributed by atoms with Gasteiger partial charge in [-0.3, -0.25) is 4.79 Å². The molecular weight excluding hydrogens is 246 g/mol. The summed E-state index contributed by atoms with van der Waals surface area (Å²) in [5.74, 6) is -1.18. The van der Waals surface area contributed by atoms with Crippen LogP contribution in [0.15, 0.2) is 24.3 Å². The van der Waals surface area contributed by atoms with Crippen LogP contribution in [0.3, 0.4) is 0 Å². The first-order valence-corrected chi connectivity index (χ1v) is 6.26. The molecule has 0 spiro atoms. The van der Waals surface area contributed by atoms with Gasteiger partial charge in [0.1, 0.15) is 0 Å². The van der Waals surface area contributed by atoms with Crippen LogP contribution < -0.4 is 0 Å². The van der Waals surface area contributed by atoms with Crippen molar-refractivity contribution >= 4 is 11.9 Å². The molecule has 1 heterocycles. The molecule has 0 bridgehead atoms. The number of hydrogen-bond donors (Lipinski definition) is 1. The van der Waals surface area contributed by atoms with E-state index in [0.29, 0.717) is 18.7 Å². The highest BCUT2D eigenvalue weighted by molar-refractivity contribution is 5.97. The van der Waals surface area contributed by atoms with Crippen LogP contribution in [0.4, 0.5) is 0 Å². The molecule has 1 aromatic carbocycles. The maximum absolute atomic E-state index is 12.4. The summed E-state index contributed by atoms with van der Waals surface area (Å²) in [5, 5.41) is 8.95. The molecule has 1 saturated heterocycles. The molecule has 2 atom stereocenters. The molecule has 19 heavy (non-hydrogen) atoms. The normalized spacial score (nSPS) is 23.2. The first-order valence-electron chi connectivity index (χ1n) is 6.26. The summed E-state index contributed by atoms with van der Waals surface area (Å²) in [5.41, 5.74) is 0.528. The summed E-state index contributed by atoms with van der Waals surface area (Å²) in [7, 11) is 0. The Morgan fingerprint density at radius 2 is 2.00 bits per heavy atom. The van der Waals surface area contributed by atoms with E-state index in [1.54, 1.807) is 17.0 Å². The van der Waals surface area contributed by atoms with Gasteiger partial charge in [0, 0.05) is 12.1 Å². The van der Waals surface area contributed by atoms with Gasteiger partial charge in [0.2, 0.25) is 0 Å². The van der Waals surface area contributed by atoms with E-state index in [0.717, 1.165) is 0 Å².